The zero-order valence-electron chi connectivity index (χ0n) is 10.0. The molecule has 1 saturated heterocycles. The summed E-state index contributed by atoms with van der Waals surface area (Å²) >= 11 is 2.10. The molecule has 1 aliphatic heterocycles. The highest BCUT2D eigenvalue weighted by molar-refractivity contribution is 7.99. The fourth-order valence-electron chi connectivity index (χ4n) is 2.16. The molecule has 0 amide bonds. The monoisotopic (exact) mass is 235 g/mol. The second kappa shape index (κ2) is 6.31. The second-order valence-electron chi connectivity index (χ2n) is 4.61. The van der Waals surface area contributed by atoms with Crippen LogP contribution in [-0.2, 0) is 6.42 Å². The van der Waals surface area contributed by atoms with Crippen molar-refractivity contribution in [1.29, 1.82) is 0 Å². The first-order chi connectivity index (χ1) is 7.86. The van der Waals surface area contributed by atoms with Gasteiger partial charge in [-0.3, -0.25) is 0 Å². The van der Waals surface area contributed by atoms with Crippen LogP contribution in [-0.4, -0.2) is 24.6 Å². The minimum atomic E-state index is 0.918. The smallest absolute Gasteiger partial charge is 0.000813 e. The summed E-state index contributed by atoms with van der Waals surface area (Å²) in [4.78, 5) is 0. The Labute approximate surface area is 103 Å². The van der Waals surface area contributed by atoms with Crippen molar-refractivity contribution in [2.45, 2.75) is 19.8 Å². The molecule has 88 valence electrons. The first-order valence-electron chi connectivity index (χ1n) is 6.19. The average Bonchev–Trinajstić information content (AvgIpc) is 2.79. The van der Waals surface area contributed by atoms with Crippen molar-refractivity contribution < 1.29 is 0 Å². The zero-order chi connectivity index (χ0) is 11.2. The van der Waals surface area contributed by atoms with Crippen LogP contribution in [0.1, 0.15) is 17.5 Å². The highest BCUT2D eigenvalue weighted by Crippen LogP contribution is 2.22. The van der Waals surface area contributed by atoms with Gasteiger partial charge in [0.1, 0.15) is 0 Å². The van der Waals surface area contributed by atoms with E-state index < -0.39 is 0 Å². The van der Waals surface area contributed by atoms with Crippen molar-refractivity contribution in [3.8, 4) is 0 Å². The summed E-state index contributed by atoms with van der Waals surface area (Å²) in [5, 5.41) is 3.59. The molecule has 16 heavy (non-hydrogen) atoms. The maximum atomic E-state index is 3.59. The molecule has 1 N–H and O–H groups in total. The number of benzene rings is 1. The Bertz CT molecular complexity index is 318. The van der Waals surface area contributed by atoms with E-state index in [0.29, 0.717) is 0 Å². The fraction of sp³-hybridized carbons (Fsp3) is 0.571. The normalized spacial score (nSPS) is 20.2. The maximum Gasteiger partial charge on any atom is -0.000813 e. The number of rotatable bonds is 5. The highest BCUT2D eigenvalue weighted by atomic mass is 32.2. The Balaban J connectivity index is 1.66. The summed E-state index contributed by atoms with van der Waals surface area (Å²) in [5.41, 5.74) is 2.90. The molecule has 1 nitrogen and oxygen atoms in total. The van der Waals surface area contributed by atoms with Gasteiger partial charge >= 0.3 is 0 Å². The number of nitrogens with one attached hydrogen (secondary N) is 1. The molecule has 0 saturated carbocycles. The van der Waals surface area contributed by atoms with Gasteiger partial charge < -0.3 is 5.32 Å². The van der Waals surface area contributed by atoms with Gasteiger partial charge in [-0.1, -0.05) is 24.3 Å². The third-order valence-corrected chi connectivity index (χ3v) is 4.52. The summed E-state index contributed by atoms with van der Waals surface area (Å²) in [5.74, 6) is 3.64. The Morgan fingerprint density at radius 1 is 1.38 bits per heavy atom. The molecule has 1 aromatic rings. The number of hydrogen-bond donors (Lipinski definition) is 1. The minimum absolute atomic E-state index is 0.918. The quantitative estimate of drug-likeness (QED) is 0.788. The Kier molecular flexibility index (Phi) is 4.73. The van der Waals surface area contributed by atoms with E-state index in [1.807, 2.05) is 0 Å². The van der Waals surface area contributed by atoms with Gasteiger partial charge in [-0.15, -0.1) is 0 Å². The Morgan fingerprint density at radius 3 is 3.00 bits per heavy atom. The van der Waals surface area contributed by atoms with E-state index in [-0.39, 0.29) is 0 Å². The van der Waals surface area contributed by atoms with Gasteiger partial charge in [0.2, 0.25) is 0 Å². The molecular weight excluding hydrogens is 214 g/mol. The van der Waals surface area contributed by atoms with E-state index in [4.69, 9.17) is 0 Å². The van der Waals surface area contributed by atoms with Gasteiger partial charge in [0, 0.05) is 0 Å². The van der Waals surface area contributed by atoms with Crippen LogP contribution in [0.4, 0.5) is 0 Å². The fourth-order valence-corrected chi connectivity index (χ4v) is 3.45. The van der Waals surface area contributed by atoms with E-state index in [1.54, 1.807) is 0 Å². The molecule has 0 aromatic heterocycles. The van der Waals surface area contributed by atoms with Crippen molar-refractivity contribution in [1.82, 2.24) is 5.32 Å². The third-order valence-electron chi connectivity index (χ3n) is 3.29. The molecule has 0 aliphatic carbocycles. The summed E-state index contributed by atoms with van der Waals surface area (Å²) in [7, 11) is 0. The predicted molar refractivity (Wildman–Crippen MR) is 73.2 cm³/mol. The topological polar surface area (TPSA) is 12.0 Å². The van der Waals surface area contributed by atoms with Crippen LogP contribution >= 0.6 is 11.8 Å². The molecule has 1 atom stereocenters. The number of hydrogen-bond acceptors (Lipinski definition) is 2. The number of thioether (sulfide) groups is 1. The van der Waals surface area contributed by atoms with Gasteiger partial charge in [0.05, 0.1) is 0 Å². The molecule has 1 fully saturated rings. The van der Waals surface area contributed by atoms with Gasteiger partial charge in [-0.25, -0.2) is 0 Å². The summed E-state index contributed by atoms with van der Waals surface area (Å²) in [6, 6.07) is 8.68. The van der Waals surface area contributed by atoms with Crippen molar-refractivity contribution >= 4 is 11.8 Å². The lowest BCUT2D eigenvalue weighted by Crippen LogP contribution is -2.24. The summed E-state index contributed by atoms with van der Waals surface area (Å²) in [6.07, 6.45) is 2.56. The minimum Gasteiger partial charge on any atom is -0.316 e. The molecule has 1 heterocycles. The van der Waals surface area contributed by atoms with Crippen molar-refractivity contribution in [3.05, 3.63) is 35.4 Å². The SMILES string of the molecule is Cc1ccccc1CCNCC1CCSC1. The Hall–Kier alpha value is -0.470. The lowest BCUT2D eigenvalue weighted by molar-refractivity contribution is 0.525. The summed E-state index contributed by atoms with van der Waals surface area (Å²) < 4.78 is 0. The average molecular weight is 235 g/mol. The second-order valence-corrected chi connectivity index (χ2v) is 5.76. The van der Waals surface area contributed by atoms with Crippen LogP contribution in [0.2, 0.25) is 0 Å². The lowest BCUT2D eigenvalue weighted by atomic mass is 10.1. The van der Waals surface area contributed by atoms with Gasteiger partial charge in [0.25, 0.3) is 0 Å². The van der Waals surface area contributed by atoms with Gasteiger partial charge in [0.15, 0.2) is 0 Å². The molecule has 1 unspecified atom stereocenters. The van der Waals surface area contributed by atoms with Crippen LogP contribution < -0.4 is 5.32 Å². The lowest BCUT2D eigenvalue weighted by Gasteiger charge is -2.10. The molecule has 2 heteroatoms. The molecule has 0 radical (unpaired) electrons. The zero-order valence-corrected chi connectivity index (χ0v) is 10.9. The van der Waals surface area contributed by atoms with E-state index in [1.165, 1.54) is 35.6 Å². The largest absolute Gasteiger partial charge is 0.316 e. The first kappa shape index (κ1) is 12.0. The van der Waals surface area contributed by atoms with Crippen LogP contribution in [0.25, 0.3) is 0 Å². The maximum absolute atomic E-state index is 3.59. The van der Waals surface area contributed by atoms with E-state index in [0.717, 1.165) is 18.9 Å². The number of aryl methyl sites for hydroxylation is 1. The van der Waals surface area contributed by atoms with E-state index >= 15 is 0 Å². The third kappa shape index (κ3) is 3.53. The summed E-state index contributed by atoms with van der Waals surface area (Å²) in [6.45, 7) is 4.52. The predicted octanol–water partition coefficient (Wildman–Crippen LogP) is 2.88. The van der Waals surface area contributed by atoms with Gasteiger partial charge in [-0.05, 0) is 61.4 Å². The van der Waals surface area contributed by atoms with Crippen molar-refractivity contribution in [2.24, 2.45) is 5.92 Å². The van der Waals surface area contributed by atoms with Crippen LogP contribution in [0.15, 0.2) is 24.3 Å². The van der Waals surface area contributed by atoms with Crippen LogP contribution in [0.3, 0.4) is 0 Å². The van der Waals surface area contributed by atoms with Crippen molar-refractivity contribution in [3.63, 3.8) is 0 Å². The molecule has 0 bridgehead atoms. The molecule has 1 aliphatic rings. The molecule has 2 rings (SSSR count). The standard InChI is InChI=1S/C14H21NS/c1-12-4-2-3-5-14(12)6-8-15-10-13-7-9-16-11-13/h2-5,13,15H,6-11H2,1H3. The highest BCUT2D eigenvalue weighted by Gasteiger charge is 2.14. The molecular formula is C14H21NS. The Morgan fingerprint density at radius 2 is 2.25 bits per heavy atom. The van der Waals surface area contributed by atoms with E-state index in [2.05, 4.69) is 48.3 Å². The van der Waals surface area contributed by atoms with E-state index in [9.17, 15) is 0 Å². The van der Waals surface area contributed by atoms with Gasteiger partial charge in [-0.2, -0.15) is 11.8 Å². The molecule has 0 spiro atoms. The van der Waals surface area contributed by atoms with Crippen LogP contribution in [0, 0.1) is 12.8 Å². The van der Waals surface area contributed by atoms with Crippen LogP contribution in [0.5, 0.6) is 0 Å². The first-order valence-corrected chi connectivity index (χ1v) is 7.34. The van der Waals surface area contributed by atoms with Crippen molar-refractivity contribution in [2.75, 3.05) is 24.6 Å². The molecule has 1 aromatic carbocycles.